The number of hydrogen-bond acceptors (Lipinski definition) is 3. The van der Waals surface area contributed by atoms with E-state index < -0.39 is 5.91 Å². The molecule has 0 atom stereocenters. The molecular weight excluding hydrogens is 350 g/mol. The van der Waals surface area contributed by atoms with Gasteiger partial charge >= 0.3 is 0 Å². The molecule has 0 aliphatic rings. The summed E-state index contributed by atoms with van der Waals surface area (Å²) in [5.74, 6) is -0.745. The van der Waals surface area contributed by atoms with E-state index >= 15 is 0 Å². The monoisotopic (exact) mass is 369 g/mol. The number of carbonyl (C=O) groups is 2. The Morgan fingerprint density at radius 1 is 1.15 bits per heavy atom. The van der Waals surface area contributed by atoms with Crippen molar-refractivity contribution in [2.45, 2.75) is 13.3 Å². The molecular formula is C20H20ClN3O2. The summed E-state index contributed by atoms with van der Waals surface area (Å²) >= 11 is 5.84. The largest absolute Gasteiger partial charge is 0.351 e. The minimum absolute atomic E-state index is 0.164. The highest BCUT2D eigenvalue weighted by atomic mass is 35.5. The van der Waals surface area contributed by atoms with Gasteiger partial charge in [0.2, 0.25) is 5.91 Å². The van der Waals surface area contributed by atoms with Crippen LogP contribution in [0.5, 0.6) is 0 Å². The molecule has 6 heteroatoms. The number of benzene rings is 1. The minimum Gasteiger partial charge on any atom is -0.351 e. The predicted molar refractivity (Wildman–Crippen MR) is 104 cm³/mol. The Balaban J connectivity index is 2.12. The van der Waals surface area contributed by atoms with Crippen LogP contribution in [0.4, 0.5) is 0 Å². The lowest BCUT2D eigenvalue weighted by Crippen LogP contribution is -2.34. The molecule has 26 heavy (non-hydrogen) atoms. The topological polar surface area (TPSA) is 71.1 Å². The van der Waals surface area contributed by atoms with Crippen LogP contribution >= 0.6 is 11.6 Å². The summed E-state index contributed by atoms with van der Waals surface area (Å²) in [5, 5.41) is 6.01. The average molecular weight is 370 g/mol. The Bertz CT molecular complexity index is 800. The maximum Gasteiger partial charge on any atom is 0.267 e. The first-order valence-corrected chi connectivity index (χ1v) is 8.61. The smallest absolute Gasteiger partial charge is 0.267 e. The van der Waals surface area contributed by atoms with E-state index in [0.29, 0.717) is 11.6 Å². The van der Waals surface area contributed by atoms with Gasteiger partial charge in [-0.15, -0.1) is 0 Å². The standard InChI is InChI=1S/C20H20ClN3O2/c1-2-11-23-20(26)18(13-16-4-3-12-22-14-16)24-19(25)10-7-15-5-8-17(21)9-6-15/h3-10,12-14H,2,11H2,1H3,(H,23,26)(H,24,25)/b10-7+,18-13-. The number of halogens is 1. The van der Waals surface area contributed by atoms with Gasteiger partial charge in [0.15, 0.2) is 0 Å². The van der Waals surface area contributed by atoms with Crippen LogP contribution in [0, 0.1) is 0 Å². The first-order valence-electron chi connectivity index (χ1n) is 8.23. The van der Waals surface area contributed by atoms with E-state index in [0.717, 1.165) is 17.5 Å². The van der Waals surface area contributed by atoms with Crippen molar-refractivity contribution in [1.29, 1.82) is 0 Å². The van der Waals surface area contributed by atoms with Gasteiger partial charge in [-0.25, -0.2) is 0 Å². The molecule has 0 unspecified atom stereocenters. The third-order valence-electron chi connectivity index (χ3n) is 3.33. The van der Waals surface area contributed by atoms with Crippen molar-refractivity contribution in [1.82, 2.24) is 15.6 Å². The van der Waals surface area contributed by atoms with Crippen LogP contribution < -0.4 is 10.6 Å². The van der Waals surface area contributed by atoms with Crippen molar-refractivity contribution in [3.05, 3.63) is 76.7 Å². The zero-order valence-electron chi connectivity index (χ0n) is 14.4. The molecule has 0 saturated heterocycles. The molecule has 5 nitrogen and oxygen atoms in total. The molecule has 2 N–H and O–H groups in total. The Morgan fingerprint density at radius 2 is 1.92 bits per heavy atom. The van der Waals surface area contributed by atoms with Crippen LogP contribution in [0.3, 0.4) is 0 Å². The van der Waals surface area contributed by atoms with E-state index in [2.05, 4.69) is 15.6 Å². The Morgan fingerprint density at radius 3 is 2.58 bits per heavy atom. The van der Waals surface area contributed by atoms with E-state index in [9.17, 15) is 9.59 Å². The van der Waals surface area contributed by atoms with Crippen molar-refractivity contribution in [2.24, 2.45) is 0 Å². The number of nitrogens with one attached hydrogen (secondary N) is 2. The summed E-state index contributed by atoms with van der Waals surface area (Å²) in [6.07, 6.45) is 8.66. The molecule has 0 spiro atoms. The summed E-state index contributed by atoms with van der Waals surface area (Å²) in [6, 6.07) is 10.6. The fourth-order valence-electron chi connectivity index (χ4n) is 2.04. The van der Waals surface area contributed by atoms with E-state index in [4.69, 9.17) is 11.6 Å². The number of pyridine rings is 1. The quantitative estimate of drug-likeness (QED) is 0.734. The Labute approximate surface area is 157 Å². The summed E-state index contributed by atoms with van der Waals surface area (Å²) in [5.41, 5.74) is 1.71. The lowest BCUT2D eigenvalue weighted by atomic mass is 10.2. The van der Waals surface area contributed by atoms with Gasteiger partial charge in [-0.3, -0.25) is 14.6 Å². The summed E-state index contributed by atoms with van der Waals surface area (Å²) < 4.78 is 0. The summed E-state index contributed by atoms with van der Waals surface area (Å²) in [6.45, 7) is 2.48. The second-order valence-electron chi connectivity index (χ2n) is 5.47. The molecule has 0 fully saturated rings. The Kier molecular flexibility index (Phi) is 7.58. The summed E-state index contributed by atoms with van der Waals surface area (Å²) in [7, 11) is 0. The fourth-order valence-corrected chi connectivity index (χ4v) is 2.17. The first-order chi connectivity index (χ1) is 12.6. The van der Waals surface area contributed by atoms with E-state index in [-0.39, 0.29) is 11.6 Å². The molecule has 1 aromatic carbocycles. The SMILES string of the molecule is CCCNC(=O)/C(=C/c1cccnc1)NC(=O)/C=C/c1ccc(Cl)cc1. The molecule has 2 rings (SSSR count). The van der Waals surface area contributed by atoms with Crippen LogP contribution in [0.15, 0.2) is 60.6 Å². The number of hydrogen-bond donors (Lipinski definition) is 2. The van der Waals surface area contributed by atoms with Gasteiger partial charge in [-0.1, -0.05) is 36.7 Å². The van der Waals surface area contributed by atoms with Crippen LogP contribution in [-0.4, -0.2) is 23.3 Å². The number of amides is 2. The third kappa shape index (κ3) is 6.53. The second-order valence-corrected chi connectivity index (χ2v) is 5.91. The highest BCUT2D eigenvalue weighted by molar-refractivity contribution is 6.30. The molecule has 2 aromatic rings. The molecule has 0 saturated carbocycles. The maximum absolute atomic E-state index is 12.3. The van der Waals surface area contributed by atoms with Gasteiger partial charge in [-0.05, 0) is 47.9 Å². The van der Waals surface area contributed by atoms with Crippen LogP contribution in [-0.2, 0) is 9.59 Å². The van der Waals surface area contributed by atoms with Crippen LogP contribution in [0.2, 0.25) is 5.02 Å². The van der Waals surface area contributed by atoms with Gasteiger partial charge < -0.3 is 10.6 Å². The zero-order valence-corrected chi connectivity index (χ0v) is 15.2. The molecule has 0 bridgehead atoms. The lowest BCUT2D eigenvalue weighted by Gasteiger charge is -2.09. The highest BCUT2D eigenvalue weighted by Crippen LogP contribution is 2.10. The Hall–Kier alpha value is -2.92. The lowest BCUT2D eigenvalue weighted by molar-refractivity contribution is -0.121. The van der Waals surface area contributed by atoms with Gasteiger partial charge in [-0.2, -0.15) is 0 Å². The molecule has 0 radical (unpaired) electrons. The summed E-state index contributed by atoms with van der Waals surface area (Å²) in [4.78, 5) is 28.5. The molecule has 0 aliphatic carbocycles. The molecule has 2 amide bonds. The van der Waals surface area contributed by atoms with Crippen molar-refractivity contribution < 1.29 is 9.59 Å². The van der Waals surface area contributed by atoms with Crippen molar-refractivity contribution in [2.75, 3.05) is 6.54 Å². The zero-order chi connectivity index (χ0) is 18.8. The van der Waals surface area contributed by atoms with Crippen molar-refractivity contribution in [3.8, 4) is 0 Å². The number of rotatable bonds is 7. The first kappa shape index (κ1) is 19.4. The second kappa shape index (κ2) is 10.2. The van der Waals surface area contributed by atoms with Gasteiger partial charge in [0, 0.05) is 30.0 Å². The van der Waals surface area contributed by atoms with Gasteiger partial charge in [0.1, 0.15) is 5.70 Å². The van der Waals surface area contributed by atoms with Gasteiger partial charge in [0.25, 0.3) is 5.91 Å². The number of nitrogens with zero attached hydrogens (tertiary/aromatic N) is 1. The molecule has 134 valence electrons. The van der Waals surface area contributed by atoms with Gasteiger partial charge in [0.05, 0.1) is 0 Å². The van der Waals surface area contributed by atoms with E-state index in [1.807, 2.05) is 6.92 Å². The van der Waals surface area contributed by atoms with Crippen molar-refractivity contribution >= 4 is 35.6 Å². The molecule has 1 heterocycles. The molecule has 1 aromatic heterocycles. The molecule has 0 aliphatic heterocycles. The van der Waals surface area contributed by atoms with Crippen LogP contribution in [0.25, 0.3) is 12.2 Å². The van der Waals surface area contributed by atoms with Crippen LogP contribution in [0.1, 0.15) is 24.5 Å². The number of carbonyl (C=O) groups excluding carboxylic acids is 2. The van der Waals surface area contributed by atoms with Crippen molar-refractivity contribution in [3.63, 3.8) is 0 Å². The van der Waals surface area contributed by atoms with E-state index in [1.165, 1.54) is 6.08 Å². The maximum atomic E-state index is 12.3. The highest BCUT2D eigenvalue weighted by Gasteiger charge is 2.11. The number of aromatic nitrogens is 1. The minimum atomic E-state index is -0.401. The third-order valence-corrected chi connectivity index (χ3v) is 3.58. The van der Waals surface area contributed by atoms with E-state index in [1.54, 1.807) is 60.9 Å². The fraction of sp³-hybridized carbons (Fsp3) is 0.150. The normalized spacial score (nSPS) is 11.4. The average Bonchev–Trinajstić information content (AvgIpc) is 2.66. The predicted octanol–water partition coefficient (Wildman–Crippen LogP) is 3.43.